The van der Waals surface area contributed by atoms with Crippen LogP contribution >= 0.6 is 0 Å². The number of carbonyl (C=O) groups excluding carboxylic acids is 1. The first-order chi connectivity index (χ1) is 13.4. The van der Waals surface area contributed by atoms with E-state index in [0.29, 0.717) is 26.1 Å². The van der Waals surface area contributed by atoms with Crippen LogP contribution in [0.4, 0.5) is 5.69 Å². The molecule has 2 aromatic rings. The maximum atomic E-state index is 13.4. The van der Waals surface area contributed by atoms with E-state index in [1.54, 1.807) is 0 Å². The Kier molecular flexibility index (Phi) is 6.40. The third kappa shape index (κ3) is 4.39. The maximum absolute atomic E-state index is 13.4. The quantitative estimate of drug-likeness (QED) is 0.751. The molecule has 0 bridgehead atoms. The SMILES string of the molecule is CC[C@H](C)Oc1ccc(NC(=O)C2(c3cccc(C)c3)CCOCC2)cc1C. The van der Waals surface area contributed by atoms with Crippen molar-refractivity contribution in [2.24, 2.45) is 0 Å². The summed E-state index contributed by atoms with van der Waals surface area (Å²) in [7, 11) is 0. The lowest BCUT2D eigenvalue weighted by atomic mass is 9.73. The molecule has 0 spiro atoms. The molecule has 150 valence electrons. The van der Waals surface area contributed by atoms with Gasteiger partial charge in [0.25, 0.3) is 0 Å². The monoisotopic (exact) mass is 381 g/mol. The second kappa shape index (κ2) is 8.78. The lowest BCUT2D eigenvalue weighted by molar-refractivity contribution is -0.125. The molecule has 0 unspecified atom stereocenters. The molecule has 1 fully saturated rings. The Morgan fingerprint density at radius 3 is 2.57 bits per heavy atom. The summed E-state index contributed by atoms with van der Waals surface area (Å²) in [6.07, 6.45) is 2.51. The molecule has 1 heterocycles. The van der Waals surface area contributed by atoms with Crippen molar-refractivity contribution in [3.05, 3.63) is 59.2 Å². The standard InChI is InChI=1S/C24H31NO3/c1-5-19(4)28-22-10-9-21(16-18(22)3)25-23(26)24(11-13-27-14-12-24)20-8-6-7-17(2)15-20/h6-10,15-16,19H,5,11-14H2,1-4H3,(H,25,26)/t19-/m0/s1. The summed E-state index contributed by atoms with van der Waals surface area (Å²) >= 11 is 0. The van der Waals surface area contributed by atoms with Gasteiger partial charge in [0.1, 0.15) is 5.75 Å². The Morgan fingerprint density at radius 2 is 1.93 bits per heavy atom. The van der Waals surface area contributed by atoms with Crippen LogP contribution in [0, 0.1) is 13.8 Å². The Labute approximate surface area is 168 Å². The fraction of sp³-hybridized carbons (Fsp3) is 0.458. The van der Waals surface area contributed by atoms with Crippen molar-refractivity contribution in [1.29, 1.82) is 0 Å². The highest BCUT2D eigenvalue weighted by Gasteiger charge is 2.41. The lowest BCUT2D eigenvalue weighted by Gasteiger charge is -2.36. The van der Waals surface area contributed by atoms with Crippen molar-refractivity contribution in [1.82, 2.24) is 0 Å². The molecular formula is C24H31NO3. The van der Waals surface area contributed by atoms with Crippen molar-refractivity contribution in [3.63, 3.8) is 0 Å². The molecule has 1 N–H and O–H groups in total. The minimum absolute atomic E-state index is 0.0383. The number of hydrogen-bond donors (Lipinski definition) is 1. The molecule has 0 saturated carbocycles. The van der Waals surface area contributed by atoms with E-state index in [4.69, 9.17) is 9.47 Å². The van der Waals surface area contributed by atoms with Crippen LogP contribution in [0.25, 0.3) is 0 Å². The minimum atomic E-state index is -0.552. The van der Waals surface area contributed by atoms with Gasteiger partial charge in [-0.2, -0.15) is 0 Å². The lowest BCUT2D eigenvalue weighted by Crippen LogP contribution is -2.44. The van der Waals surface area contributed by atoms with Crippen LogP contribution in [0.2, 0.25) is 0 Å². The zero-order valence-electron chi connectivity index (χ0n) is 17.4. The number of rotatable bonds is 6. The number of ether oxygens (including phenoxy) is 2. The molecule has 0 aliphatic carbocycles. The molecule has 1 amide bonds. The summed E-state index contributed by atoms with van der Waals surface area (Å²) in [4.78, 5) is 13.4. The van der Waals surface area contributed by atoms with Gasteiger partial charge in [-0.25, -0.2) is 0 Å². The van der Waals surface area contributed by atoms with Crippen LogP contribution in [-0.4, -0.2) is 25.2 Å². The average Bonchev–Trinajstić information content (AvgIpc) is 2.70. The predicted octanol–water partition coefficient (Wildman–Crippen LogP) is 5.17. The second-order valence-corrected chi connectivity index (χ2v) is 7.84. The third-order valence-corrected chi connectivity index (χ3v) is 5.69. The van der Waals surface area contributed by atoms with Gasteiger partial charge >= 0.3 is 0 Å². The van der Waals surface area contributed by atoms with Crippen LogP contribution in [0.15, 0.2) is 42.5 Å². The summed E-state index contributed by atoms with van der Waals surface area (Å²) in [5.41, 5.74) is 3.51. The summed E-state index contributed by atoms with van der Waals surface area (Å²) in [6, 6.07) is 14.1. The van der Waals surface area contributed by atoms with Crippen LogP contribution in [0.5, 0.6) is 5.75 Å². The number of hydrogen-bond acceptors (Lipinski definition) is 3. The molecule has 4 nitrogen and oxygen atoms in total. The summed E-state index contributed by atoms with van der Waals surface area (Å²) in [5, 5.41) is 3.16. The number of aryl methyl sites for hydroxylation is 2. The highest BCUT2D eigenvalue weighted by atomic mass is 16.5. The summed E-state index contributed by atoms with van der Waals surface area (Å²) < 4.78 is 11.5. The molecule has 2 aromatic carbocycles. The largest absolute Gasteiger partial charge is 0.490 e. The molecule has 1 saturated heterocycles. The van der Waals surface area contributed by atoms with Gasteiger partial charge in [0, 0.05) is 18.9 Å². The van der Waals surface area contributed by atoms with E-state index in [1.165, 1.54) is 5.56 Å². The second-order valence-electron chi connectivity index (χ2n) is 7.84. The normalized spacial score (nSPS) is 17.0. The Bertz CT molecular complexity index is 824. The predicted molar refractivity (Wildman–Crippen MR) is 113 cm³/mol. The fourth-order valence-corrected chi connectivity index (χ4v) is 3.72. The Balaban J connectivity index is 1.84. The van der Waals surface area contributed by atoms with E-state index in [0.717, 1.165) is 29.0 Å². The summed E-state index contributed by atoms with van der Waals surface area (Å²) in [6.45, 7) is 9.44. The molecule has 0 aromatic heterocycles. The molecule has 28 heavy (non-hydrogen) atoms. The number of nitrogens with one attached hydrogen (secondary N) is 1. The Hall–Kier alpha value is -2.33. The average molecular weight is 382 g/mol. The van der Waals surface area contributed by atoms with Gasteiger partial charge in [0.2, 0.25) is 5.91 Å². The van der Waals surface area contributed by atoms with Crippen molar-refractivity contribution >= 4 is 11.6 Å². The van der Waals surface area contributed by atoms with Crippen LogP contribution in [0.1, 0.15) is 49.8 Å². The first-order valence-electron chi connectivity index (χ1n) is 10.2. The molecular weight excluding hydrogens is 350 g/mol. The molecule has 1 aliphatic rings. The fourth-order valence-electron chi connectivity index (χ4n) is 3.72. The number of benzene rings is 2. The van der Waals surface area contributed by atoms with E-state index >= 15 is 0 Å². The molecule has 0 radical (unpaired) electrons. The van der Waals surface area contributed by atoms with Crippen LogP contribution < -0.4 is 10.1 Å². The molecule has 1 atom stereocenters. The van der Waals surface area contributed by atoms with Crippen molar-refractivity contribution in [3.8, 4) is 5.75 Å². The van der Waals surface area contributed by atoms with Gasteiger partial charge in [-0.05, 0) is 69.4 Å². The van der Waals surface area contributed by atoms with Crippen LogP contribution in [0.3, 0.4) is 0 Å². The maximum Gasteiger partial charge on any atom is 0.235 e. The van der Waals surface area contributed by atoms with Crippen LogP contribution in [-0.2, 0) is 14.9 Å². The minimum Gasteiger partial charge on any atom is -0.490 e. The molecule has 1 aliphatic heterocycles. The van der Waals surface area contributed by atoms with Gasteiger partial charge in [0.05, 0.1) is 11.5 Å². The van der Waals surface area contributed by atoms with Gasteiger partial charge in [-0.3, -0.25) is 4.79 Å². The van der Waals surface area contributed by atoms with E-state index in [1.807, 2.05) is 31.2 Å². The van der Waals surface area contributed by atoms with Crippen molar-refractivity contribution < 1.29 is 14.3 Å². The zero-order chi connectivity index (χ0) is 20.1. The van der Waals surface area contributed by atoms with E-state index in [2.05, 4.69) is 44.3 Å². The summed E-state index contributed by atoms with van der Waals surface area (Å²) in [5.74, 6) is 0.906. The first kappa shape index (κ1) is 20.4. The molecule has 4 heteroatoms. The van der Waals surface area contributed by atoms with Gasteiger partial charge in [-0.1, -0.05) is 36.8 Å². The number of anilines is 1. The van der Waals surface area contributed by atoms with E-state index in [9.17, 15) is 4.79 Å². The number of amides is 1. The van der Waals surface area contributed by atoms with Crippen molar-refractivity contribution in [2.75, 3.05) is 18.5 Å². The Morgan fingerprint density at radius 1 is 1.18 bits per heavy atom. The topological polar surface area (TPSA) is 47.6 Å². The first-order valence-corrected chi connectivity index (χ1v) is 10.2. The smallest absolute Gasteiger partial charge is 0.235 e. The highest BCUT2D eigenvalue weighted by molar-refractivity contribution is 5.99. The highest BCUT2D eigenvalue weighted by Crippen LogP contribution is 2.37. The van der Waals surface area contributed by atoms with E-state index in [-0.39, 0.29) is 12.0 Å². The van der Waals surface area contributed by atoms with E-state index < -0.39 is 5.41 Å². The third-order valence-electron chi connectivity index (χ3n) is 5.69. The molecule has 3 rings (SSSR count). The van der Waals surface area contributed by atoms with Gasteiger partial charge in [0.15, 0.2) is 0 Å². The van der Waals surface area contributed by atoms with Gasteiger partial charge in [-0.15, -0.1) is 0 Å². The number of carbonyl (C=O) groups is 1. The van der Waals surface area contributed by atoms with Gasteiger partial charge < -0.3 is 14.8 Å². The zero-order valence-corrected chi connectivity index (χ0v) is 17.4. The van der Waals surface area contributed by atoms with Crippen molar-refractivity contribution in [2.45, 2.75) is 58.5 Å².